The molecule has 1 aromatic carbocycles. The average molecular weight is 322 g/mol. The number of tetrazole rings is 1. The van der Waals surface area contributed by atoms with Crippen molar-refractivity contribution in [3.05, 3.63) is 53.7 Å². The number of pyridine rings is 1. The topological polar surface area (TPSA) is 85.6 Å². The highest BCUT2D eigenvalue weighted by Crippen LogP contribution is 2.20. The molecule has 0 bridgehead atoms. The molecule has 0 saturated carbocycles. The average Bonchev–Trinajstić information content (AvgIpc) is 3.07. The van der Waals surface area contributed by atoms with Crippen LogP contribution in [0.3, 0.4) is 0 Å². The zero-order valence-electron chi connectivity index (χ0n) is 13.8. The maximum atomic E-state index is 12.4. The molecule has 0 spiro atoms. The molecule has 1 amide bonds. The molecule has 3 rings (SSSR count). The van der Waals surface area contributed by atoms with Gasteiger partial charge in [-0.2, -0.15) is 0 Å². The van der Waals surface area contributed by atoms with Crippen LogP contribution in [0.15, 0.2) is 42.6 Å². The summed E-state index contributed by atoms with van der Waals surface area (Å²) < 4.78 is 1.72. The molecule has 1 N–H and O–H groups in total. The second kappa shape index (κ2) is 6.57. The number of carbonyl (C=O) groups excluding carboxylic acids is 1. The lowest BCUT2D eigenvalue weighted by molar-refractivity contribution is 0.102. The van der Waals surface area contributed by atoms with Crippen molar-refractivity contribution in [1.82, 2.24) is 25.2 Å². The van der Waals surface area contributed by atoms with Gasteiger partial charge >= 0.3 is 0 Å². The highest BCUT2D eigenvalue weighted by atomic mass is 16.1. The van der Waals surface area contributed by atoms with Crippen molar-refractivity contribution < 1.29 is 4.79 Å². The fraction of sp³-hybridized carbons (Fsp3) is 0.235. The molecule has 0 aliphatic rings. The van der Waals surface area contributed by atoms with Gasteiger partial charge in [0, 0.05) is 17.3 Å². The van der Waals surface area contributed by atoms with Crippen molar-refractivity contribution >= 4 is 11.7 Å². The van der Waals surface area contributed by atoms with Crippen LogP contribution in [0.4, 0.5) is 5.82 Å². The Labute approximate surface area is 139 Å². The SMILES string of the molecule is Cc1ccc(NC(=O)c2cccc(-c3nnnn3C(C)C)c2)nc1. The number of rotatable bonds is 4. The predicted molar refractivity (Wildman–Crippen MR) is 90.6 cm³/mol. The number of anilines is 1. The number of carbonyl (C=O) groups is 1. The zero-order valence-corrected chi connectivity index (χ0v) is 13.8. The van der Waals surface area contributed by atoms with Crippen molar-refractivity contribution in [2.45, 2.75) is 26.8 Å². The van der Waals surface area contributed by atoms with Gasteiger partial charge in [0.2, 0.25) is 0 Å². The first-order chi connectivity index (χ1) is 11.5. The summed E-state index contributed by atoms with van der Waals surface area (Å²) >= 11 is 0. The Morgan fingerprint density at radius 3 is 2.75 bits per heavy atom. The Balaban J connectivity index is 1.86. The molecule has 0 fully saturated rings. The molecule has 7 nitrogen and oxygen atoms in total. The number of benzene rings is 1. The van der Waals surface area contributed by atoms with Crippen molar-refractivity contribution in [1.29, 1.82) is 0 Å². The summed E-state index contributed by atoms with van der Waals surface area (Å²) in [5.74, 6) is 0.924. The van der Waals surface area contributed by atoms with E-state index in [1.165, 1.54) is 0 Å². The van der Waals surface area contributed by atoms with E-state index < -0.39 is 0 Å². The van der Waals surface area contributed by atoms with Gasteiger partial charge in [-0.3, -0.25) is 4.79 Å². The van der Waals surface area contributed by atoms with Gasteiger partial charge in [0.25, 0.3) is 5.91 Å². The normalized spacial score (nSPS) is 10.8. The van der Waals surface area contributed by atoms with Crippen LogP contribution in [0.5, 0.6) is 0 Å². The summed E-state index contributed by atoms with van der Waals surface area (Å²) in [4.78, 5) is 16.6. The van der Waals surface area contributed by atoms with E-state index in [2.05, 4.69) is 25.8 Å². The third kappa shape index (κ3) is 3.29. The number of hydrogen-bond donors (Lipinski definition) is 1. The van der Waals surface area contributed by atoms with Gasteiger partial charge in [-0.25, -0.2) is 9.67 Å². The fourth-order valence-electron chi connectivity index (χ4n) is 2.26. The monoisotopic (exact) mass is 322 g/mol. The van der Waals surface area contributed by atoms with Crippen molar-refractivity contribution in [2.24, 2.45) is 0 Å². The van der Waals surface area contributed by atoms with Crippen LogP contribution in [-0.4, -0.2) is 31.1 Å². The number of nitrogens with one attached hydrogen (secondary N) is 1. The van der Waals surface area contributed by atoms with Gasteiger partial charge in [0.1, 0.15) is 5.82 Å². The number of hydrogen-bond acceptors (Lipinski definition) is 5. The van der Waals surface area contributed by atoms with Crippen LogP contribution < -0.4 is 5.32 Å². The molecule has 0 aliphatic carbocycles. The lowest BCUT2D eigenvalue weighted by atomic mass is 10.1. The Hall–Kier alpha value is -3.09. The summed E-state index contributed by atoms with van der Waals surface area (Å²) in [6.45, 7) is 5.94. The second-order valence-corrected chi connectivity index (χ2v) is 5.80. The van der Waals surface area contributed by atoms with Crippen molar-refractivity contribution in [2.75, 3.05) is 5.32 Å². The van der Waals surface area contributed by atoms with Crippen molar-refractivity contribution in [3.63, 3.8) is 0 Å². The Morgan fingerprint density at radius 1 is 1.21 bits per heavy atom. The summed E-state index contributed by atoms with van der Waals surface area (Å²) in [5, 5.41) is 14.6. The standard InChI is InChI=1S/C17H18N6O/c1-11(2)23-16(20-21-22-23)13-5-4-6-14(9-13)17(24)19-15-8-7-12(3)10-18-15/h4-11H,1-3H3,(H,18,19,24). The molecule has 3 aromatic rings. The molecule has 122 valence electrons. The summed E-state index contributed by atoms with van der Waals surface area (Å²) in [6, 6.07) is 11.0. The van der Waals surface area contributed by atoms with Gasteiger partial charge in [-0.05, 0) is 55.0 Å². The number of nitrogens with zero attached hydrogens (tertiary/aromatic N) is 5. The molecule has 0 atom stereocenters. The summed E-state index contributed by atoms with van der Waals surface area (Å²) in [7, 11) is 0. The first-order valence-electron chi connectivity index (χ1n) is 7.67. The Bertz CT molecular complexity index is 854. The highest BCUT2D eigenvalue weighted by Gasteiger charge is 2.14. The van der Waals surface area contributed by atoms with Crippen molar-refractivity contribution in [3.8, 4) is 11.4 Å². The van der Waals surface area contributed by atoms with E-state index in [-0.39, 0.29) is 11.9 Å². The number of amides is 1. The van der Waals surface area contributed by atoms with E-state index in [1.54, 1.807) is 29.1 Å². The van der Waals surface area contributed by atoms with Gasteiger partial charge in [0.05, 0.1) is 6.04 Å². The van der Waals surface area contributed by atoms with Crippen LogP contribution in [0.2, 0.25) is 0 Å². The number of aryl methyl sites for hydroxylation is 1. The van der Waals surface area contributed by atoms with Gasteiger partial charge in [-0.15, -0.1) is 5.10 Å². The van der Waals surface area contributed by atoms with E-state index in [0.717, 1.165) is 11.1 Å². The molecule has 7 heteroatoms. The molecule has 0 aliphatic heterocycles. The number of aromatic nitrogens is 5. The molecule has 2 heterocycles. The van der Waals surface area contributed by atoms with E-state index in [0.29, 0.717) is 17.2 Å². The van der Waals surface area contributed by atoms with E-state index >= 15 is 0 Å². The van der Waals surface area contributed by atoms with Crippen LogP contribution in [0.25, 0.3) is 11.4 Å². The third-order valence-corrected chi connectivity index (χ3v) is 3.52. The first kappa shape index (κ1) is 15.8. The lowest BCUT2D eigenvalue weighted by Gasteiger charge is -2.09. The predicted octanol–water partition coefficient (Wildman–Crippen LogP) is 2.88. The smallest absolute Gasteiger partial charge is 0.256 e. The molecule has 0 unspecified atom stereocenters. The van der Waals surface area contributed by atoms with Crippen LogP contribution in [-0.2, 0) is 0 Å². The second-order valence-electron chi connectivity index (χ2n) is 5.80. The highest BCUT2D eigenvalue weighted by molar-refractivity contribution is 6.04. The van der Waals surface area contributed by atoms with E-state index in [9.17, 15) is 4.79 Å². The van der Waals surface area contributed by atoms with Gasteiger partial charge in [-0.1, -0.05) is 18.2 Å². The van der Waals surface area contributed by atoms with Gasteiger partial charge in [0.15, 0.2) is 5.82 Å². The van der Waals surface area contributed by atoms with Crippen LogP contribution in [0.1, 0.15) is 35.8 Å². The largest absolute Gasteiger partial charge is 0.307 e. The minimum absolute atomic E-state index is 0.129. The Kier molecular flexibility index (Phi) is 4.33. The molecule has 2 aromatic heterocycles. The molecule has 24 heavy (non-hydrogen) atoms. The first-order valence-corrected chi connectivity index (χ1v) is 7.67. The molecular formula is C17H18N6O. The Morgan fingerprint density at radius 2 is 2.04 bits per heavy atom. The van der Waals surface area contributed by atoms with Crippen LogP contribution in [0, 0.1) is 6.92 Å². The summed E-state index contributed by atoms with van der Waals surface area (Å²) in [5.41, 5.74) is 2.35. The minimum Gasteiger partial charge on any atom is -0.307 e. The van der Waals surface area contributed by atoms with E-state index in [4.69, 9.17) is 0 Å². The summed E-state index contributed by atoms with van der Waals surface area (Å²) in [6.07, 6.45) is 1.71. The van der Waals surface area contributed by atoms with Gasteiger partial charge < -0.3 is 5.32 Å². The third-order valence-electron chi connectivity index (χ3n) is 3.52. The molecule has 0 radical (unpaired) electrons. The maximum absolute atomic E-state index is 12.4. The lowest BCUT2D eigenvalue weighted by Crippen LogP contribution is -2.13. The zero-order chi connectivity index (χ0) is 17.1. The molecule has 0 saturated heterocycles. The maximum Gasteiger partial charge on any atom is 0.256 e. The van der Waals surface area contributed by atoms with E-state index in [1.807, 2.05) is 39.0 Å². The fourth-order valence-corrected chi connectivity index (χ4v) is 2.26. The van der Waals surface area contributed by atoms with Crippen LogP contribution >= 0.6 is 0 Å². The minimum atomic E-state index is -0.225. The quantitative estimate of drug-likeness (QED) is 0.798. The molecular weight excluding hydrogens is 304 g/mol.